The van der Waals surface area contributed by atoms with E-state index in [1.54, 1.807) is 5.51 Å². The van der Waals surface area contributed by atoms with Crippen LogP contribution in [-0.4, -0.2) is 20.4 Å². The summed E-state index contributed by atoms with van der Waals surface area (Å²) in [5.41, 5.74) is 5.30. The van der Waals surface area contributed by atoms with Crippen molar-refractivity contribution in [2.45, 2.75) is 19.5 Å². The normalized spacial score (nSPS) is 12.2. The number of halogens is 1. The number of hydrogen-bond donors (Lipinski definition) is 1. The van der Waals surface area contributed by atoms with Crippen LogP contribution in [0.2, 0.25) is 5.02 Å². The Morgan fingerprint density at radius 2 is 2.00 bits per heavy atom. The zero-order chi connectivity index (χ0) is 18.8. The van der Waals surface area contributed by atoms with Gasteiger partial charge in [-0.1, -0.05) is 35.9 Å². The van der Waals surface area contributed by atoms with Gasteiger partial charge in [-0.3, -0.25) is 4.79 Å². The molecule has 1 amide bonds. The summed E-state index contributed by atoms with van der Waals surface area (Å²) in [6.45, 7) is 2.12. The van der Waals surface area contributed by atoms with Gasteiger partial charge < -0.3 is 9.88 Å². The Morgan fingerprint density at radius 3 is 2.74 bits per heavy atom. The summed E-state index contributed by atoms with van der Waals surface area (Å²) in [5.74, 6) is 0.615. The first-order chi connectivity index (χ1) is 13.1. The molecule has 136 valence electrons. The lowest BCUT2D eigenvalue weighted by Crippen LogP contribution is -2.30. The van der Waals surface area contributed by atoms with Crippen molar-refractivity contribution in [3.05, 3.63) is 70.0 Å². The second-order valence-electron chi connectivity index (χ2n) is 6.22. The molecule has 5 nitrogen and oxygen atoms in total. The zero-order valence-corrected chi connectivity index (χ0v) is 16.2. The molecule has 0 bridgehead atoms. The van der Waals surface area contributed by atoms with Gasteiger partial charge in [0, 0.05) is 10.4 Å². The molecule has 2 aromatic heterocycles. The Kier molecular flexibility index (Phi) is 4.92. The predicted molar refractivity (Wildman–Crippen MR) is 109 cm³/mol. The lowest BCUT2D eigenvalue weighted by Gasteiger charge is -2.15. The van der Waals surface area contributed by atoms with Gasteiger partial charge in [0.25, 0.3) is 0 Å². The highest BCUT2D eigenvalue weighted by Gasteiger charge is 2.17. The van der Waals surface area contributed by atoms with Gasteiger partial charge in [0.15, 0.2) is 5.82 Å². The molecule has 0 saturated carbocycles. The molecule has 7 heteroatoms. The number of fused-ring (bicyclic) bond motifs is 1. The van der Waals surface area contributed by atoms with E-state index in [2.05, 4.69) is 15.3 Å². The van der Waals surface area contributed by atoms with Crippen molar-refractivity contribution in [3.8, 4) is 11.5 Å². The van der Waals surface area contributed by atoms with E-state index in [-0.39, 0.29) is 18.5 Å². The number of imidazole rings is 1. The Balaban J connectivity index is 1.60. The third-order valence-electron chi connectivity index (χ3n) is 4.37. The first kappa shape index (κ1) is 17.7. The van der Waals surface area contributed by atoms with Crippen LogP contribution in [0.4, 0.5) is 0 Å². The lowest BCUT2D eigenvalue weighted by molar-refractivity contribution is -0.122. The number of thiazole rings is 1. The molecule has 4 aromatic rings. The topological polar surface area (TPSA) is 59.8 Å². The van der Waals surface area contributed by atoms with Gasteiger partial charge in [-0.05, 0) is 36.8 Å². The van der Waals surface area contributed by atoms with Gasteiger partial charge in [0.2, 0.25) is 5.91 Å². The van der Waals surface area contributed by atoms with Crippen molar-refractivity contribution in [1.29, 1.82) is 0 Å². The van der Waals surface area contributed by atoms with E-state index in [4.69, 9.17) is 11.6 Å². The fraction of sp³-hybridized carbons (Fsp3) is 0.150. The summed E-state index contributed by atoms with van der Waals surface area (Å²) >= 11 is 7.44. The lowest BCUT2D eigenvalue weighted by atomic mass is 10.1. The van der Waals surface area contributed by atoms with Crippen molar-refractivity contribution in [3.63, 3.8) is 0 Å². The van der Waals surface area contributed by atoms with Gasteiger partial charge in [-0.2, -0.15) is 0 Å². The summed E-state index contributed by atoms with van der Waals surface area (Å²) in [7, 11) is 0. The van der Waals surface area contributed by atoms with E-state index in [9.17, 15) is 4.79 Å². The van der Waals surface area contributed by atoms with Crippen LogP contribution in [0.5, 0.6) is 0 Å². The number of nitrogens with zero attached hydrogens (tertiary/aromatic N) is 3. The van der Waals surface area contributed by atoms with Crippen molar-refractivity contribution in [2.24, 2.45) is 0 Å². The van der Waals surface area contributed by atoms with Crippen LogP contribution in [0.15, 0.2) is 59.4 Å². The number of benzene rings is 2. The van der Waals surface area contributed by atoms with E-state index in [1.165, 1.54) is 11.3 Å². The third-order valence-corrected chi connectivity index (χ3v) is 5.20. The van der Waals surface area contributed by atoms with Crippen LogP contribution < -0.4 is 5.32 Å². The van der Waals surface area contributed by atoms with Crippen LogP contribution in [-0.2, 0) is 11.3 Å². The molecule has 0 spiro atoms. The number of aromatic nitrogens is 3. The van der Waals surface area contributed by atoms with E-state index in [1.807, 2.05) is 65.4 Å². The second kappa shape index (κ2) is 7.50. The van der Waals surface area contributed by atoms with Gasteiger partial charge in [-0.25, -0.2) is 9.97 Å². The summed E-state index contributed by atoms with van der Waals surface area (Å²) in [4.78, 5) is 21.7. The van der Waals surface area contributed by atoms with Crippen LogP contribution in [0.3, 0.4) is 0 Å². The molecule has 2 aromatic carbocycles. The Hall–Kier alpha value is -2.70. The standard InChI is InChI=1S/C20H17ClN4OS/c1-13(14-6-8-15(21)9-7-14)23-19(26)10-25-18-5-3-2-4-16(18)24-20(25)17-11-27-12-22-17/h2-9,11-13H,10H2,1H3,(H,23,26)/t13-/m1/s1. The molecule has 0 saturated heterocycles. The van der Waals surface area contributed by atoms with Gasteiger partial charge in [-0.15, -0.1) is 11.3 Å². The average molecular weight is 397 g/mol. The maximum atomic E-state index is 12.7. The molecule has 0 fully saturated rings. The largest absolute Gasteiger partial charge is 0.348 e. The molecule has 1 atom stereocenters. The number of rotatable bonds is 5. The van der Waals surface area contributed by atoms with Gasteiger partial charge >= 0.3 is 0 Å². The minimum Gasteiger partial charge on any atom is -0.348 e. The third kappa shape index (κ3) is 3.72. The van der Waals surface area contributed by atoms with Crippen LogP contribution in [0, 0.1) is 0 Å². The Labute approximate surface area is 165 Å². The fourth-order valence-electron chi connectivity index (χ4n) is 3.02. The molecule has 27 heavy (non-hydrogen) atoms. The molecule has 4 rings (SSSR count). The average Bonchev–Trinajstić information content (AvgIpc) is 3.30. The van der Waals surface area contributed by atoms with Crippen molar-refractivity contribution in [2.75, 3.05) is 0 Å². The van der Waals surface area contributed by atoms with Crippen LogP contribution in [0.1, 0.15) is 18.5 Å². The summed E-state index contributed by atoms with van der Waals surface area (Å²) in [6, 6.07) is 15.2. The first-order valence-corrected chi connectivity index (χ1v) is 9.82. The monoisotopic (exact) mass is 396 g/mol. The number of nitrogens with one attached hydrogen (secondary N) is 1. The number of hydrogen-bond acceptors (Lipinski definition) is 4. The number of amides is 1. The minimum atomic E-state index is -0.118. The molecule has 0 radical (unpaired) electrons. The number of carbonyl (C=O) groups is 1. The van der Waals surface area contributed by atoms with Crippen LogP contribution >= 0.6 is 22.9 Å². The summed E-state index contributed by atoms with van der Waals surface area (Å²) < 4.78 is 1.91. The van der Waals surface area contributed by atoms with E-state index >= 15 is 0 Å². The van der Waals surface area contributed by atoms with Gasteiger partial charge in [0.05, 0.1) is 22.6 Å². The van der Waals surface area contributed by atoms with E-state index in [0.717, 1.165) is 22.3 Å². The number of carbonyl (C=O) groups excluding carboxylic acids is 1. The zero-order valence-electron chi connectivity index (χ0n) is 14.6. The molecule has 0 aliphatic rings. The maximum absolute atomic E-state index is 12.7. The molecule has 1 N–H and O–H groups in total. The summed E-state index contributed by atoms with van der Waals surface area (Å²) in [5, 5.41) is 5.66. The second-order valence-corrected chi connectivity index (χ2v) is 7.38. The van der Waals surface area contributed by atoms with Crippen molar-refractivity contribution >= 4 is 39.9 Å². The fourth-order valence-corrected chi connectivity index (χ4v) is 3.68. The highest BCUT2D eigenvalue weighted by atomic mass is 35.5. The highest BCUT2D eigenvalue weighted by molar-refractivity contribution is 7.07. The molecule has 0 aliphatic heterocycles. The first-order valence-electron chi connectivity index (χ1n) is 8.50. The Bertz CT molecular complexity index is 1070. The molecule has 2 heterocycles. The quantitative estimate of drug-likeness (QED) is 0.532. The SMILES string of the molecule is C[C@@H](NC(=O)Cn1c(-c2cscn2)nc2ccccc21)c1ccc(Cl)cc1. The molecular formula is C20H17ClN4OS. The smallest absolute Gasteiger partial charge is 0.240 e. The van der Waals surface area contributed by atoms with Crippen LogP contribution in [0.25, 0.3) is 22.6 Å². The highest BCUT2D eigenvalue weighted by Crippen LogP contribution is 2.25. The van der Waals surface area contributed by atoms with Crippen molar-refractivity contribution in [1.82, 2.24) is 19.9 Å². The predicted octanol–water partition coefficient (Wildman–Crippen LogP) is 4.69. The Morgan fingerprint density at radius 1 is 1.22 bits per heavy atom. The van der Waals surface area contributed by atoms with E-state index < -0.39 is 0 Å². The van der Waals surface area contributed by atoms with E-state index in [0.29, 0.717) is 10.8 Å². The maximum Gasteiger partial charge on any atom is 0.240 e. The molecule has 0 unspecified atom stereocenters. The minimum absolute atomic E-state index is 0.0860. The molecular weight excluding hydrogens is 380 g/mol. The number of para-hydroxylation sites is 2. The van der Waals surface area contributed by atoms with Crippen molar-refractivity contribution < 1.29 is 4.79 Å². The van der Waals surface area contributed by atoms with Gasteiger partial charge in [0.1, 0.15) is 12.2 Å². The summed E-state index contributed by atoms with van der Waals surface area (Å²) in [6.07, 6.45) is 0. The molecule has 0 aliphatic carbocycles.